The molecule has 0 amide bonds. The summed E-state index contributed by atoms with van der Waals surface area (Å²) in [4.78, 5) is 0. The Morgan fingerprint density at radius 3 is 2.80 bits per heavy atom. The molecule has 0 aliphatic heterocycles. The predicted octanol–water partition coefficient (Wildman–Crippen LogP) is 3.33. The van der Waals surface area contributed by atoms with Crippen molar-refractivity contribution in [1.29, 1.82) is 0 Å². The number of hydrogen-bond acceptors (Lipinski definition) is 0. The molecule has 10 heavy (non-hydrogen) atoms. The van der Waals surface area contributed by atoms with E-state index in [1.165, 1.54) is 16.4 Å². The Morgan fingerprint density at radius 1 is 1.60 bits per heavy atom. The van der Waals surface area contributed by atoms with Crippen LogP contribution in [-0.4, -0.2) is 4.43 Å². The van der Waals surface area contributed by atoms with Crippen LogP contribution in [0.1, 0.15) is 20.3 Å². The minimum absolute atomic E-state index is 0.796. The van der Waals surface area contributed by atoms with Gasteiger partial charge in [-0.05, 0) is 26.2 Å². The second kappa shape index (κ2) is 3.56. The van der Waals surface area contributed by atoms with E-state index in [4.69, 9.17) is 0 Å². The van der Waals surface area contributed by atoms with Crippen LogP contribution in [0.25, 0.3) is 0 Å². The van der Waals surface area contributed by atoms with Gasteiger partial charge in [0, 0.05) is 4.43 Å². The highest BCUT2D eigenvalue weighted by molar-refractivity contribution is 14.1. The molecule has 0 aromatic carbocycles. The quantitative estimate of drug-likeness (QED) is 0.493. The molecule has 1 unspecified atom stereocenters. The lowest BCUT2D eigenvalue weighted by Crippen LogP contribution is -2.03. The number of rotatable bonds is 1. The molecule has 0 bridgehead atoms. The molecule has 1 rings (SSSR count). The molecule has 0 radical (unpaired) electrons. The maximum absolute atomic E-state index is 2.45. The van der Waals surface area contributed by atoms with Crippen molar-refractivity contribution in [3.8, 4) is 0 Å². The van der Waals surface area contributed by atoms with E-state index in [0.717, 1.165) is 5.92 Å². The first-order chi connectivity index (χ1) is 4.74. The Labute approximate surface area is 76.5 Å². The minimum atomic E-state index is 0.796. The summed E-state index contributed by atoms with van der Waals surface area (Å²) in [7, 11) is 0. The standard InChI is InChI=1S/C9H13I/c1-7-3-4-9(6-10)5-8(7)2/h3-4,9H,5-6H2,1-2H3. The van der Waals surface area contributed by atoms with E-state index in [1.807, 2.05) is 0 Å². The van der Waals surface area contributed by atoms with Crippen LogP contribution in [-0.2, 0) is 0 Å². The smallest absolute Gasteiger partial charge is 0.00615 e. The van der Waals surface area contributed by atoms with E-state index in [2.05, 4.69) is 48.6 Å². The van der Waals surface area contributed by atoms with Crippen LogP contribution in [0.2, 0.25) is 0 Å². The second-order valence-electron chi connectivity index (χ2n) is 2.94. The van der Waals surface area contributed by atoms with Gasteiger partial charge in [0.15, 0.2) is 0 Å². The Balaban J connectivity index is 2.65. The zero-order valence-electron chi connectivity index (χ0n) is 6.52. The molecule has 0 saturated carbocycles. The number of halogens is 1. The Bertz CT molecular complexity index is 177. The molecule has 56 valence electrons. The molecule has 1 aliphatic carbocycles. The second-order valence-corrected chi connectivity index (χ2v) is 3.82. The van der Waals surface area contributed by atoms with Crippen molar-refractivity contribution < 1.29 is 0 Å². The van der Waals surface area contributed by atoms with Crippen LogP contribution in [0.4, 0.5) is 0 Å². The highest BCUT2D eigenvalue weighted by Gasteiger charge is 2.08. The monoisotopic (exact) mass is 248 g/mol. The molecule has 1 aliphatic rings. The van der Waals surface area contributed by atoms with Crippen LogP contribution in [0.3, 0.4) is 0 Å². The molecule has 1 atom stereocenters. The third kappa shape index (κ3) is 1.84. The average Bonchev–Trinajstić information content (AvgIpc) is 1.95. The van der Waals surface area contributed by atoms with Crippen LogP contribution >= 0.6 is 22.6 Å². The van der Waals surface area contributed by atoms with Gasteiger partial charge in [-0.25, -0.2) is 0 Å². The zero-order chi connectivity index (χ0) is 7.56. The molecular formula is C9H13I. The highest BCUT2D eigenvalue weighted by atomic mass is 127. The first-order valence-corrected chi connectivity index (χ1v) is 5.17. The van der Waals surface area contributed by atoms with E-state index in [-0.39, 0.29) is 0 Å². The van der Waals surface area contributed by atoms with Gasteiger partial charge in [0.05, 0.1) is 0 Å². The Hall–Kier alpha value is 0.210. The van der Waals surface area contributed by atoms with Crippen LogP contribution in [0.15, 0.2) is 23.3 Å². The Kier molecular flexibility index (Phi) is 2.96. The number of allylic oxidation sites excluding steroid dienone is 4. The molecule has 0 saturated heterocycles. The summed E-state index contributed by atoms with van der Waals surface area (Å²) in [6.07, 6.45) is 5.85. The van der Waals surface area contributed by atoms with Crippen LogP contribution < -0.4 is 0 Å². The van der Waals surface area contributed by atoms with Crippen molar-refractivity contribution in [1.82, 2.24) is 0 Å². The lowest BCUT2D eigenvalue weighted by molar-refractivity contribution is 0.720. The maximum Gasteiger partial charge on any atom is 0.00615 e. The first kappa shape index (κ1) is 8.31. The highest BCUT2D eigenvalue weighted by Crippen LogP contribution is 2.23. The van der Waals surface area contributed by atoms with Gasteiger partial charge in [0.2, 0.25) is 0 Å². The SMILES string of the molecule is CC1=C(C)CC(CI)C=C1. The van der Waals surface area contributed by atoms with Gasteiger partial charge < -0.3 is 0 Å². The summed E-state index contributed by atoms with van der Waals surface area (Å²) >= 11 is 2.45. The van der Waals surface area contributed by atoms with Gasteiger partial charge in [-0.15, -0.1) is 0 Å². The number of hydrogen-bond donors (Lipinski definition) is 0. The van der Waals surface area contributed by atoms with Crippen molar-refractivity contribution in [3.63, 3.8) is 0 Å². The molecule has 0 aromatic heterocycles. The molecule has 0 N–H and O–H groups in total. The first-order valence-electron chi connectivity index (χ1n) is 3.64. The van der Waals surface area contributed by atoms with Crippen molar-refractivity contribution >= 4 is 22.6 Å². The zero-order valence-corrected chi connectivity index (χ0v) is 8.68. The van der Waals surface area contributed by atoms with Gasteiger partial charge >= 0.3 is 0 Å². The van der Waals surface area contributed by atoms with E-state index < -0.39 is 0 Å². The average molecular weight is 248 g/mol. The maximum atomic E-state index is 2.45. The fourth-order valence-corrected chi connectivity index (χ4v) is 1.76. The third-order valence-electron chi connectivity index (χ3n) is 2.06. The lowest BCUT2D eigenvalue weighted by Gasteiger charge is -2.15. The molecule has 0 fully saturated rings. The van der Waals surface area contributed by atoms with Crippen molar-refractivity contribution in [2.45, 2.75) is 20.3 Å². The van der Waals surface area contributed by atoms with Crippen LogP contribution in [0.5, 0.6) is 0 Å². The topological polar surface area (TPSA) is 0 Å². The molecule has 0 aromatic rings. The minimum Gasteiger partial charge on any atom is -0.0857 e. The van der Waals surface area contributed by atoms with E-state index >= 15 is 0 Å². The largest absolute Gasteiger partial charge is 0.0857 e. The van der Waals surface area contributed by atoms with E-state index in [9.17, 15) is 0 Å². The van der Waals surface area contributed by atoms with Gasteiger partial charge in [0.1, 0.15) is 0 Å². The summed E-state index contributed by atoms with van der Waals surface area (Å²) < 4.78 is 1.25. The van der Waals surface area contributed by atoms with Gasteiger partial charge in [-0.1, -0.05) is 45.9 Å². The van der Waals surface area contributed by atoms with E-state index in [0.29, 0.717) is 0 Å². The fraction of sp³-hybridized carbons (Fsp3) is 0.556. The molecule has 0 spiro atoms. The fourth-order valence-electron chi connectivity index (χ4n) is 1.15. The molecular weight excluding hydrogens is 235 g/mol. The summed E-state index contributed by atoms with van der Waals surface area (Å²) in [6.45, 7) is 4.42. The molecule has 1 heteroatoms. The molecule has 0 nitrogen and oxygen atoms in total. The van der Waals surface area contributed by atoms with Gasteiger partial charge in [0.25, 0.3) is 0 Å². The van der Waals surface area contributed by atoms with Gasteiger partial charge in [-0.2, -0.15) is 0 Å². The number of alkyl halides is 1. The van der Waals surface area contributed by atoms with Crippen molar-refractivity contribution in [2.75, 3.05) is 4.43 Å². The summed E-state index contributed by atoms with van der Waals surface area (Å²) in [5.41, 5.74) is 3.02. The summed E-state index contributed by atoms with van der Waals surface area (Å²) in [5, 5.41) is 0. The van der Waals surface area contributed by atoms with Gasteiger partial charge in [-0.3, -0.25) is 0 Å². The summed E-state index contributed by atoms with van der Waals surface area (Å²) in [6, 6.07) is 0. The lowest BCUT2D eigenvalue weighted by atomic mass is 9.93. The predicted molar refractivity (Wildman–Crippen MR) is 54.5 cm³/mol. The van der Waals surface area contributed by atoms with Crippen LogP contribution in [0, 0.1) is 5.92 Å². The van der Waals surface area contributed by atoms with Crippen molar-refractivity contribution in [3.05, 3.63) is 23.3 Å². The van der Waals surface area contributed by atoms with E-state index in [1.54, 1.807) is 5.57 Å². The Morgan fingerprint density at radius 2 is 2.30 bits per heavy atom. The van der Waals surface area contributed by atoms with Crippen molar-refractivity contribution in [2.24, 2.45) is 5.92 Å². The summed E-state index contributed by atoms with van der Waals surface area (Å²) in [5.74, 6) is 0.796. The third-order valence-corrected chi connectivity index (χ3v) is 3.19. The normalized spacial score (nSPS) is 25.7. The molecule has 0 heterocycles.